The molecule has 164 valence electrons. The fraction of sp³-hybridized carbons (Fsp3) is 0.375. The summed E-state index contributed by atoms with van der Waals surface area (Å²) >= 11 is 0. The number of rotatable bonds is 7. The molecule has 1 aliphatic rings. The van der Waals surface area contributed by atoms with Crippen molar-refractivity contribution in [3.05, 3.63) is 65.5 Å². The van der Waals surface area contributed by atoms with Gasteiger partial charge in [-0.1, -0.05) is 24.3 Å². The van der Waals surface area contributed by atoms with E-state index in [1.54, 1.807) is 24.3 Å². The average Bonchev–Trinajstić information content (AvgIpc) is 2.74. The Morgan fingerprint density at radius 1 is 1.16 bits per heavy atom. The van der Waals surface area contributed by atoms with Gasteiger partial charge in [-0.2, -0.15) is 0 Å². The van der Waals surface area contributed by atoms with E-state index >= 15 is 0 Å². The molecule has 1 saturated heterocycles. The minimum Gasteiger partial charge on any atom is -0.351 e. The van der Waals surface area contributed by atoms with Crippen LogP contribution in [0, 0.1) is 5.82 Å². The summed E-state index contributed by atoms with van der Waals surface area (Å²) in [5.74, 6) is -0.166. The number of halogens is 1. The molecule has 0 saturated carbocycles. The molecule has 2 aromatic carbocycles. The third-order valence-corrected chi connectivity index (χ3v) is 5.90. The number of nitrogens with zero attached hydrogens (tertiary/aromatic N) is 2. The summed E-state index contributed by atoms with van der Waals surface area (Å²) in [4.78, 5) is 39.7. The van der Waals surface area contributed by atoms with Crippen LogP contribution in [0.15, 0.2) is 48.5 Å². The molecule has 0 radical (unpaired) electrons. The van der Waals surface area contributed by atoms with Gasteiger partial charge in [-0.15, -0.1) is 0 Å². The number of carbonyl (C=O) groups excluding carboxylic acids is 3. The first-order valence-corrected chi connectivity index (χ1v) is 10.4. The van der Waals surface area contributed by atoms with Crippen LogP contribution in [0.2, 0.25) is 0 Å². The Bertz CT molecular complexity index is 961. The number of carbonyl (C=O) groups is 3. The Kier molecular flexibility index (Phi) is 7.17. The minimum atomic E-state index is -0.739. The Morgan fingerprint density at radius 2 is 1.87 bits per heavy atom. The van der Waals surface area contributed by atoms with Gasteiger partial charge in [0.2, 0.25) is 0 Å². The molecule has 2 aromatic rings. The quantitative estimate of drug-likeness (QED) is 0.685. The maximum atomic E-state index is 13.2. The van der Waals surface area contributed by atoms with Crippen LogP contribution in [0.25, 0.3) is 0 Å². The molecule has 0 aromatic heterocycles. The number of Topliss-reactive ketones (excluding diaryl/α,β-unsaturated/α-hetero) is 2. The Morgan fingerprint density at radius 3 is 2.48 bits per heavy atom. The highest BCUT2D eigenvalue weighted by atomic mass is 19.1. The van der Waals surface area contributed by atoms with Crippen LogP contribution >= 0.6 is 0 Å². The minimum absolute atomic E-state index is 0.126. The summed E-state index contributed by atoms with van der Waals surface area (Å²) in [6.07, 6.45) is 1.75. The number of benzene rings is 2. The number of ketones is 2. The van der Waals surface area contributed by atoms with E-state index in [0.29, 0.717) is 17.2 Å². The van der Waals surface area contributed by atoms with Crippen molar-refractivity contribution in [3.63, 3.8) is 0 Å². The van der Waals surface area contributed by atoms with Crippen LogP contribution in [0.4, 0.5) is 14.9 Å². The monoisotopic (exact) mass is 425 g/mol. The van der Waals surface area contributed by atoms with Crippen molar-refractivity contribution in [2.75, 3.05) is 24.5 Å². The van der Waals surface area contributed by atoms with E-state index in [0.717, 1.165) is 24.9 Å². The molecule has 2 unspecified atom stereocenters. The molecule has 1 heterocycles. The number of piperidine rings is 1. The van der Waals surface area contributed by atoms with Crippen LogP contribution < -0.4 is 10.6 Å². The highest BCUT2D eigenvalue weighted by Gasteiger charge is 2.28. The van der Waals surface area contributed by atoms with Crippen molar-refractivity contribution >= 4 is 23.3 Å². The van der Waals surface area contributed by atoms with E-state index in [1.165, 1.54) is 24.0 Å². The van der Waals surface area contributed by atoms with Crippen molar-refractivity contribution in [2.45, 2.75) is 38.6 Å². The van der Waals surface area contributed by atoms with E-state index in [4.69, 9.17) is 5.73 Å². The molecule has 0 spiro atoms. The van der Waals surface area contributed by atoms with E-state index in [1.807, 2.05) is 12.1 Å². The summed E-state index contributed by atoms with van der Waals surface area (Å²) in [5.41, 5.74) is 7.50. The fourth-order valence-corrected chi connectivity index (χ4v) is 4.14. The molecule has 2 N–H and O–H groups in total. The second kappa shape index (κ2) is 9.83. The number of amides is 2. The largest absolute Gasteiger partial charge is 0.351 e. The molecule has 6 nitrogen and oxygen atoms in total. The fourth-order valence-electron chi connectivity index (χ4n) is 4.14. The number of hydrogen-bond donors (Lipinski definition) is 1. The molecular weight excluding hydrogens is 397 g/mol. The van der Waals surface area contributed by atoms with E-state index in [2.05, 4.69) is 11.8 Å². The van der Waals surface area contributed by atoms with Crippen LogP contribution in [0.5, 0.6) is 0 Å². The predicted octanol–water partition coefficient (Wildman–Crippen LogP) is 3.75. The molecule has 2 amide bonds. The summed E-state index contributed by atoms with van der Waals surface area (Å²) in [5, 5.41) is 0. The van der Waals surface area contributed by atoms with E-state index in [-0.39, 0.29) is 36.5 Å². The highest BCUT2D eigenvalue weighted by Crippen LogP contribution is 2.31. The molecule has 0 bridgehead atoms. The lowest BCUT2D eigenvalue weighted by atomic mass is 9.86. The first-order chi connectivity index (χ1) is 14.7. The number of urea groups is 1. The lowest BCUT2D eigenvalue weighted by Crippen LogP contribution is -2.47. The van der Waals surface area contributed by atoms with Gasteiger partial charge in [0, 0.05) is 17.3 Å². The Hall–Kier alpha value is -3.06. The average molecular weight is 426 g/mol. The Balaban J connectivity index is 1.61. The first-order valence-electron chi connectivity index (χ1n) is 10.4. The van der Waals surface area contributed by atoms with Gasteiger partial charge in [0.25, 0.3) is 0 Å². The number of nitrogens with two attached hydrogens (primary N) is 1. The number of anilines is 1. The van der Waals surface area contributed by atoms with Crippen LogP contribution in [-0.4, -0.2) is 48.2 Å². The second-order valence-electron chi connectivity index (χ2n) is 8.16. The summed E-state index contributed by atoms with van der Waals surface area (Å²) in [7, 11) is 0. The van der Waals surface area contributed by atoms with Crippen molar-refractivity contribution in [1.29, 1.82) is 0 Å². The highest BCUT2D eigenvalue weighted by molar-refractivity contribution is 6.00. The Labute approximate surface area is 181 Å². The number of hydrogen-bond acceptors (Lipinski definition) is 4. The molecule has 3 rings (SSSR count). The lowest BCUT2D eigenvalue weighted by molar-refractivity contribution is -0.119. The molecule has 31 heavy (non-hydrogen) atoms. The first kappa shape index (κ1) is 22.6. The maximum Gasteiger partial charge on any atom is 0.319 e. The zero-order valence-corrected chi connectivity index (χ0v) is 17.9. The summed E-state index contributed by atoms with van der Waals surface area (Å²) in [6.45, 7) is 4.32. The molecular formula is C24H28FN3O3. The molecule has 0 aliphatic carbocycles. The predicted molar refractivity (Wildman–Crippen MR) is 118 cm³/mol. The van der Waals surface area contributed by atoms with Gasteiger partial charge in [0.05, 0.1) is 13.1 Å². The third kappa shape index (κ3) is 5.76. The van der Waals surface area contributed by atoms with Crippen molar-refractivity contribution < 1.29 is 18.8 Å². The lowest BCUT2D eigenvalue weighted by Gasteiger charge is -2.37. The molecule has 1 fully saturated rings. The maximum absolute atomic E-state index is 13.2. The smallest absolute Gasteiger partial charge is 0.319 e. The van der Waals surface area contributed by atoms with E-state index in [9.17, 15) is 18.8 Å². The van der Waals surface area contributed by atoms with Crippen LogP contribution in [0.1, 0.15) is 48.5 Å². The third-order valence-electron chi connectivity index (χ3n) is 5.90. The zero-order chi connectivity index (χ0) is 22.5. The number of likely N-dealkylation sites (tertiary alicyclic amines) is 1. The van der Waals surface area contributed by atoms with Gasteiger partial charge in [-0.25, -0.2) is 9.18 Å². The van der Waals surface area contributed by atoms with Crippen molar-refractivity contribution in [2.24, 2.45) is 5.73 Å². The van der Waals surface area contributed by atoms with Gasteiger partial charge in [0.1, 0.15) is 5.82 Å². The van der Waals surface area contributed by atoms with Gasteiger partial charge < -0.3 is 5.73 Å². The standard InChI is InChI=1S/C24H28FN3O3/c1-16-12-20(18-6-8-21(25)9-7-18)10-11-27(16)14-23(30)15-28(24(26)31)22-5-3-4-19(13-22)17(2)29/h3-9,13,16,20H,10-12,14-15H2,1-2H3,(H2,26,31). The normalized spacial score (nSPS) is 19.1. The molecule has 1 aliphatic heterocycles. The summed E-state index contributed by atoms with van der Waals surface area (Å²) < 4.78 is 13.2. The molecule has 2 atom stereocenters. The van der Waals surface area contributed by atoms with Crippen LogP contribution in [0.3, 0.4) is 0 Å². The van der Waals surface area contributed by atoms with Crippen molar-refractivity contribution in [3.8, 4) is 0 Å². The number of primary amides is 1. The van der Waals surface area contributed by atoms with E-state index < -0.39 is 6.03 Å². The van der Waals surface area contributed by atoms with Crippen molar-refractivity contribution in [1.82, 2.24) is 4.90 Å². The van der Waals surface area contributed by atoms with Gasteiger partial charge >= 0.3 is 6.03 Å². The SMILES string of the molecule is CC(=O)c1cccc(N(CC(=O)CN2CCC(c3ccc(F)cc3)CC2C)C(N)=O)c1. The topological polar surface area (TPSA) is 83.7 Å². The zero-order valence-electron chi connectivity index (χ0n) is 17.9. The summed E-state index contributed by atoms with van der Waals surface area (Å²) in [6, 6.07) is 12.6. The van der Waals surface area contributed by atoms with Crippen LogP contribution in [-0.2, 0) is 4.79 Å². The van der Waals surface area contributed by atoms with Gasteiger partial charge in [-0.3, -0.25) is 19.4 Å². The second-order valence-corrected chi connectivity index (χ2v) is 8.16. The molecule has 7 heteroatoms. The van der Waals surface area contributed by atoms with Gasteiger partial charge in [0.15, 0.2) is 11.6 Å². The van der Waals surface area contributed by atoms with Gasteiger partial charge in [-0.05, 0) is 69.0 Å².